The first-order chi connectivity index (χ1) is 15.2. The van der Waals surface area contributed by atoms with Crippen LogP contribution in [0, 0.1) is 5.82 Å². The number of aliphatic hydroxyl groups excluding tert-OH is 1. The average molecular weight is 428 g/mol. The summed E-state index contributed by atoms with van der Waals surface area (Å²) in [7, 11) is 1.70. The number of aliphatic hydroxyl groups is 1. The molecule has 0 spiro atoms. The molecule has 6 heteroatoms. The maximum Gasteiger partial charge on any atom is 0.146 e. The molecule has 1 atom stereocenters. The van der Waals surface area contributed by atoms with E-state index in [2.05, 4.69) is 26.8 Å². The summed E-state index contributed by atoms with van der Waals surface area (Å²) in [6, 6.07) is 16.2. The van der Waals surface area contributed by atoms with Crippen molar-refractivity contribution < 1.29 is 14.2 Å². The van der Waals surface area contributed by atoms with Gasteiger partial charge in [0.1, 0.15) is 11.6 Å². The monoisotopic (exact) mass is 427 g/mol. The largest absolute Gasteiger partial charge is 0.497 e. The van der Waals surface area contributed by atoms with Gasteiger partial charge in [0.2, 0.25) is 0 Å². The smallest absolute Gasteiger partial charge is 0.146 e. The van der Waals surface area contributed by atoms with E-state index >= 15 is 0 Å². The van der Waals surface area contributed by atoms with E-state index in [-0.39, 0.29) is 12.4 Å². The number of methoxy groups -OCH3 is 1. The first-order valence-corrected chi connectivity index (χ1v) is 11.4. The number of anilines is 1. The number of ether oxygens (including phenoxy) is 1. The van der Waals surface area contributed by atoms with Crippen LogP contribution in [0.5, 0.6) is 5.75 Å². The summed E-state index contributed by atoms with van der Waals surface area (Å²) in [4.78, 5) is 7.27. The van der Waals surface area contributed by atoms with Crippen molar-refractivity contribution in [3.63, 3.8) is 0 Å². The number of benzene rings is 2. The Morgan fingerprint density at radius 2 is 1.84 bits per heavy atom. The number of halogens is 1. The lowest BCUT2D eigenvalue weighted by Crippen LogP contribution is -2.57. The van der Waals surface area contributed by atoms with Crippen molar-refractivity contribution in [1.29, 1.82) is 0 Å². The van der Waals surface area contributed by atoms with Crippen LogP contribution >= 0.6 is 0 Å². The molecule has 4 rings (SSSR count). The molecule has 2 fully saturated rings. The maximum atomic E-state index is 14.1. The third-order valence-electron chi connectivity index (χ3n) is 6.79. The van der Waals surface area contributed by atoms with Crippen molar-refractivity contribution in [1.82, 2.24) is 9.80 Å². The number of nitrogens with zero attached hydrogens (tertiary/aromatic N) is 3. The van der Waals surface area contributed by atoms with Crippen LogP contribution in [0.15, 0.2) is 48.5 Å². The standard InChI is InChI=1S/C25H34FN3O2/c1-31-23-6-4-5-20(17-23)18-28-14-15-29(19-22(28)11-16-30)21-9-12-27(13-10-21)25-8-3-2-7-24(25)26/h2-8,17,21-22,30H,9-16,18-19H2,1H3/t22-/m1/s1. The van der Waals surface area contributed by atoms with Crippen molar-refractivity contribution >= 4 is 5.69 Å². The summed E-state index contributed by atoms with van der Waals surface area (Å²) < 4.78 is 19.5. The van der Waals surface area contributed by atoms with E-state index in [0.717, 1.165) is 70.0 Å². The quantitative estimate of drug-likeness (QED) is 0.734. The summed E-state index contributed by atoms with van der Waals surface area (Å²) in [5, 5.41) is 9.66. The van der Waals surface area contributed by atoms with Gasteiger partial charge in [0.15, 0.2) is 0 Å². The van der Waals surface area contributed by atoms with Gasteiger partial charge in [-0.25, -0.2) is 4.39 Å². The number of piperidine rings is 1. The molecule has 0 saturated carbocycles. The lowest BCUT2D eigenvalue weighted by atomic mass is 9.98. The van der Waals surface area contributed by atoms with E-state index in [4.69, 9.17) is 4.74 Å². The molecule has 2 aliphatic heterocycles. The Morgan fingerprint density at radius 1 is 1.03 bits per heavy atom. The van der Waals surface area contributed by atoms with Crippen LogP contribution < -0.4 is 9.64 Å². The Balaban J connectivity index is 1.34. The molecule has 0 bridgehead atoms. The molecule has 0 aliphatic carbocycles. The Kier molecular flexibility index (Phi) is 7.43. The Bertz CT molecular complexity index is 841. The number of hydrogen-bond donors (Lipinski definition) is 1. The molecule has 2 aromatic carbocycles. The van der Waals surface area contributed by atoms with Crippen LogP contribution in [0.3, 0.4) is 0 Å². The van der Waals surface area contributed by atoms with Crippen molar-refractivity contribution in [2.24, 2.45) is 0 Å². The summed E-state index contributed by atoms with van der Waals surface area (Å²) in [5.41, 5.74) is 1.97. The third-order valence-corrected chi connectivity index (χ3v) is 6.79. The molecule has 0 amide bonds. The number of hydrogen-bond acceptors (Lipinski definition) is 5. The highest BCUT2D eigenvalue weighted by Crippen LogP contribution is 2.27. The van der Waals surface area contributed by atoms with Gasteiger partial charge in [-0.3, -0.25) is 9.80 Å². The van der Waals surface area contributed by atoms with E-state index < -0.39 is 0 Å². The van der Waals surface area contributed by atoms with E-state index in [1.165, 1.54) is 5.56 Å². The van der Waals surface area contributed by atoms with Gasteiger partial charge in [-0.2, -0.15) is 0 Å². The molecule has 2 saturated heterocycles. The number of para-hydroxylation sites is 1. The number of rotatable bonds is 7. The summed E-state index contributed by atoms with van der Waals surface area (Å²) >= 11 is 0. The van der Waals surface area contributed by atoms with Gasteiger partial charge >= 0.3 is 0 Å². The van der Waals surface area contributed by atoms with Gasteiger partial charge in [-0.1, -0.05) is 24.3 Å². The molecule has 5 nitrogen and oxygen atoms in total. The fraction of sp³-hybridized carbons (Fsp3) is 0.520. The average Bonchev–Trinajstić information content (AvgIpc) is 2.81. The van der Waals surface area contributed by atoms with E-state index in [0.29, 0.717) is 12.1 Å². The molecular formula is C25H34FN3O2. The van der Waals surface area contributed by atoms with Gasteiger partial charge in [0, 0.05) is 58.0 Å². The Hall–Kier alpha value is -2.15. The molecule has 31 heavy (non-hydrogen) atoms. The molecule has 168 valence electrons. The zero-order valence-electron chi connectivity index (χ0n) is 18.4. The maximum absolute atomic E-state index is 14.1. The zero-order chi connectivity index (χ0) is 21.6. The van der Waals surface area contributed by atoms with Crippen LogP contribution in [0.2, 0.25) is 0 Å². The van der Waals surface area contributed by atoms with Gasteiger partial charge in [0.25, 0.3) is 0 Å². The minimum atomic E-state index is -0.130. The second-order valence-electron chi connectivity index (χ2n) is 8.65. The van der Waals surface area contributed by atoms with Crippen LogP contribution in [0.4, 0.5) is 10.1 Å². The third kappa shape index (κ3) is 5.37. The zero-order valence-corrected chi connectivity index (χ0v) is 18.4. The first kappa shape index (κ1) is 22.1. The van der Waals surface area contributed by atoms with E-state index in [9.17, 15) is 9.50 Å². The first-order valence-electron chi connectivity index (χ1n) is 11.4. The fourth-order valence-electron chi connectivity index (χ4n) is 5.07. The van der Waals surface area contributed by atoms with Crippen molar-refractivity contribution in [3.05, 3.63) is 59.9 Å². The fourth-order valence-corrected chi connectivity index (χ4v) is 5.07. The topological polar surface area (TPSA) is 39.2 Å². The lowest BCUT2D eigenvalue weighted by molar-refractivity contribution is 0.0254. The molecule has 0 radical (unpaired) electrons. The van der Waals surface area contributed by atoms with E-state index in [1.54, 1.807) is 19.2 Å². The minimum Gasteiger partial charge on any atom is -0.497 e. The molecule has 1 N–H and O–H groups in total. The summed E-state index contributed by atoms with van der Waals surface area (Å²) in [5.74, 6) is 0.756. The number of piperazine rings is 1. The van der Waals surface area contributed by atoms with Gasteiger partial charge in [0.05, 0.1) is 12.8 Å². The summed E-state index contributed by atoms with van der Waals surface area (Å²) in [6.07, 6.45) is 2.89. The van der Waals surface area contributed by atoms with Crippen molar-refractivity contribution in [3.8, 4) is 5.75 Å². The SMILES string of the molecule is COc1cccc(CN2CCN(C3CCN(c4ccccc4F)CC3)C[C@H]2CCO)c1. The molecule has 2 heterocycles. The van der Waals surface area contributed by atoms with Crippen molar-refractivity contribution in [2.75, 3.05) is 51.3 Å². The highest BCUT2D eigenvalue weighted by Gasteiger charge is 2.32. The predicted molar refractivity (Wildman–Crippen MR) is 122 cm³/mol. The second kappa shape index (κ2) is 10.4. The highest BCUT2D eigenvalue weighted by molar-refractivity contribution is 5.47. The molecule has 0 aromatic heterocycles. The minimum absolute atomic E-state index is 0.130. The normalized spacial score (nSPS) is 21.4. The molecule has 2 aliphatic rings. The second-order valence-corrected chi connectivity index (χ2v) is 8.65. The lowest BCUT2D eigenvalue weighted by Gasteiger charge is -2.47. The van der Waals surface area contributed by atoms with Crippen LogP contribution in [-0.4, -0.2) is 73.4 Å². The predicted octanol–water partition coefficient (Wildman–Crippen LogP) is 3.37. The van der Waals surface area contributed by atoms with Gasteiger partial charge in [-0.05, 0) is 49.1 Å². The Labute approximate surface area is 185 Å². The van der Waals surface area contributed by atoms with Gasteiger partial charge in [-0.15, -0.1) is 0 Å². The molecule has 2 aromatic rings. The van der Waals surface area contributed by atoms with E-state index in [1.807, 2.05) is 24.3 Å². The van der Waals surface area contributed by atoms with Crippen molar-refractivity contribution in [2.45, 2.75) is 37.9 Å². The highest BCUT2D eigenvalue weighted by atomic mass is 19.1. The summed E-state index contributed by atoms with van der Waals surface area (Å²) in [6.45, 7) is 5.88. The van der Waals surface area contributed by atoms with Gasteiger partial charge < -0.3 is 14.7 Å². The van der Waals surface area contributed by atoms with Crippen LogP contribution in [0.1, 0.15) is 24.8 Å². The molecule has 0 unspecified atom stereocenters. The Morgan fingerprint density at radius 3 is 2.58 bits per heavy atom. The van der Waals surface area contributed by atoms with Crippen LogP contribution in [-0.2, 0) is 6.54 Å². The molecular weight excluding hydrogens is 393 g/mol. The van der Waals surface area contributed by atoms with Crippen LogP contribution in [0.25, 0.3) is 0 Å².